The third-order valence-electron chi connectivity index (χ3n) is 2.44. The average Bonchev–Trinajstić information content (AvgIpc) is 2.33. The van der Waals surface area contributed by atoms with E-state index in [0.717, 1.165) is 6.26 Å². The lowest BCUT2D eigenvalue weighted by Crippen LogP contribution is -2.22. The molecule has 0 unspecified atom stereocenters. The molecule has 1 rings (SSSR count). The summed E-state index contributed by atoms with van der Waals surface area (Å²) in [5, 5.41) is 3.25. The molecule has 0 atom stereocenters. The van der Waals surface area contributed by atoms with Crippen LogP contribution in [0.15, 0.2) is 23.1 Å². The van der Waals surface area contributed by atoms with Gasteiger partial charge in [-0.2, -0.15) is 0 Å². The van der Waals surface area contributed by atoms with Gasteiger partial charge in [-0.3, -0.25) is 0 Å². The van der Waals surface area contributed by atoms with Crippen molar-refractivity contribution in [3.63, 3.8) is 0 Å². The van der Waals surface area contributed by atoms with Crippen LogP contribution in [-0.2, 0) is 21.1 Å². The van der Waals surface area contributed by atoms with Crippen LogP contribution in [0.4, 0.5) is 8.78 Å². The largest absolute Gasteiger partial charge is 0.374 e. The molecule has 0 aromatic heterocycles. The summed E-state index contributed by atoms with van der Waals surface area (Å²) in [6, 6.07) is 4.64. The van der Waals surface area contributed by atoms with Gasteiger partial charge in [0.25, 0.3) is 6.43 Å². The third kappa shape index (κ3) is 5.70. The van der Waals surface area contributed by atoms with Crippen LogP contribution in [0.1, 0.15) is 5.56 Å². The fraction of sp³-hybridized carbons (Fsp3) is 0.500. The maximum atomic E-state index is 11.8. The molecule has 8 heteroatoms. The quantitative estimate of drug-likeness (QED) is 0.743. The number of rotatable bonds is 8. The second-order valence-electron chi connectivity index (χ2n) is 4.13. The van der Waals surface area contributed by atoms with Crippen molar-refractivity contribution in [1.29, 1.82) is 0 Å². The van der Waals surface area contributed by atoms with E-state index >= 15 is 0 Å². The Morgan fingerprint density at radius 1 is 1.40 bits per heavy atom. The molecule has 0 amide bonds. The Balaban J connectivity index is 2.56. The Morgan fingerprint density at radius 2 is 2.10 bits per heavy atom. The monoisotopic (exact) mass is 327 g/mol. The van der Waals surface area contributed by atoms with Crippen molar-refractivity contribution in [2.45, 2.75) is 17.9 Å². The predicted molar refractivity (Wildman–Crippen MR) is 73.1 cm³/mol. The Bertz CT molecular complexity index is 538. The molecule has 114 valence electrons. The van der Waals surface area contributed by atoms with Crippen LogP contribution in [0, 0.1) is 0 Å². The van der Waals surface area contributed by atoms with Crippen molar-refractivity contribution in [3.05, 3.63) is 28.8 Å². The summed E-state index contributed by atoms with van der Waals surface area (Å²) in [5.41, 5.74) is 0.463. The molecule has 0 aliphatic carbocycles. The van der Waals surface area contributed by atoms with Gasteiger partial charge in [-0.15, -0.1) is 0 Å². The SMILES string of the molecule is CS(=O)(=O)c1cccc(Cl)c1CNCCOCC(F)F. The second-order valence-corrected chi connectivity index (χ2v) is 6.52. The molecule has 0 radical (unpaired) electrons. The third-order valence-corrected chi connectivity index (χ3v) is 3.98. The highest BCUT2D eigenvalue weighted by Crippen LogP contribution is 2.23. The zero-order valence-corrected chi connectivity index (χ0v) is 12.5. The van der Waals surface area contributed by atoms with Crippen molar-refractivity contribution in [3.8, 4) is 0 Å². The summed E-state index contributed by atoms with van der Waals surface area (Å²) in [6.45, 7) is 0.0482. The number of nitrogens with one attached hydrogen (secondary N) is 1. The van der Waals surface area contributed by atoms with Crippen LogP contribution in [0.25, 0.3) is 0 Å². The number of ether oxygens (including phenoxy) is 1. The lowest BCUT2D eigenvalue weighted by atomic mass is 10.2. The van der Waals surface area contributed by atoms with E-state index in [4.69, 9.17) is 16.3 Å². The molecule has 0 heterocycles. The normalized spacial score (nSPS) is 12.1. The maximum absolute atomic E-state index is 11.8. The van der Waals surface area contributed by atoms with E-state index in [9.17, 15) is 17.2 Å². The van der Waals surface area contributed by atoms with Crippen molar-refractivity contribution in [1.82, 2.24) is 5.32 Å². The molecule has 20 heavy (non-hydrogen) atoms. The van der Waals surface area contributed by atoms with Crippen LogP contribution in [-0.4, -0.2) is 40.9 Å². The summed E-state index contributed by atoms with van der Waals surface area (Å²) in [4.78, 5) is 0.158. The average molecular weight is 328 g/mol. The summed E-state index contributed by atoms with van der Waals surface area (Å²) in [7, 11) is -3.37. The van der Waals surface area contributed by atoms with Crippen LogP contribution in [0.2, 0.25) is 5.02 Å². The van der Waals surface area contributed by atoms with E-state index in [1.165, 1.54) is 6.07 Å². The molecular formula is C12H16ClF2NO3S. The zero-order chi connectivity index (χ0) is 15.2. The Kier molecular flexibility index (Phi) is 6.81. The first kappa shape index (κ1) is 17.3. The first-order chi connectivity index (χ1) is 9.32. The smallest absolute Gasteiger partial charge is 0.261 e. The van der Waals surface area contributed by atoms with E-state index < -0.39 is 22.9 Å². The van der Waals surface area contributed by atoms with Gasteiger partial charge in [0.2, 0.25) is 0 Å². The van der Waals surface area contributed by atoms with Gasteiger partial charge in [-0.1, -0.05) is 17.7 Å². The van der Waals surface area contributed by atoms with Gasteiger partial charge in [-0.05, 0) is 12.1 Å². The molecule has 1 aromatic rings. The molecule has 0 bridgehead atoms. The number of hydrogen-bond acceptors (Lipinski definition) is 4. The first-order valence-electron chi connectivity index (χ1n) is 5.86. The fourth-order valence-electron chi connectivity index (χ4n) is 1.59. The molecule has 4 nitrogen and oxygen atoms in total. The maximum Gasteiger partial charge on any atom is 0.261 e. The Morgan fingerprint density at radius 3 is 2.70 bits per heavy atom. The van der Waals surface area contributed by atoms with Gasteiger partial charge >= 0.3 is 0 Å². The Labute approximate surface area is 122 Å². The highest BCUT2D eigenvalue weighted by Gasteiger charge is 2.15. The standard InChI is InChI=1S/C12H16ClF2NO3S/c1-20(17,18)11-4-2-3-10(13)9(11)7-16-5-6-19-8-12(14)15/h2-4,12,16H,5-8H2,1H3. The summed E-state index contributed by atoms with van der Waals surface area (Å²) >= 11 is 5.98. The first-order valence-corrected chi connectivity index (χ1v) is 8.13. The van der Waals surface area contributed by atoms with Crippen LogP contribution >= 0.6 is 11.6 Å². The summed E-state index contributed by atoms with van der Waals surface area (Å²) in [6.07, 6.45) is -1.39. The van der Waals surface area contributed by atoms with E-state index in [0.29, 0.717) is 17.1 Å². The summed E-state index contributed by atoms with van der Waals surface area (Å²) < 4.78 is 51.6. The highest BCUT2D eigenvalue weighted by atomic mass is 35.5. The fourth-order valence-corrected chi connectivity index (χ4v) is 2.84. The molecular weight excluding hydrogens is 312 g/mol. The Hall–Kier alpha value is -0.760. The molecule has 0 saturated carbocycles. The minimum Gasteiger partial charge on any atom is -0.374 e. The van der Waals surface area contributed by atoms with Gasteiger partial charge in [0.05, 0.1) is 11.5 Å². The molecule has 0 fully saturated rings. The molecule has 0 aliphatic rings. The van der Waals surface area contributed by atoms with Crippen LogP contribution < -0.4 is 5.32 Å². The van der Waals surface area contributed by atoms with Gasteiger partial charge in [0.15, 0.2) is 9.84 Å². The van der Waals surface area contributed by atoms with E-state index in [2.05, 4.69) is 5.32 Å². The molecule has 0 spiro atoms. The van der Waals surface area contributed by atoms with Gasteiger partial charge in [0, 0.05) is 29.9 Å². The highest BCUT2D eigenvalue weighted by molar-refractivity contribution is 7.90. The topological polar surface area (TPSA) is 55.4 Å². The second kappa shape index (κ2) is 7.87. The predicted octanol–water partition coefficient (Wildman–Crippen LogP) is 2.11. The van der Waals surface area contributed by atoms with E-state index in [-0.39, 0.29) is 18.0 Å². The zero-order valence-electron chi connectivity index (χ0n) is 10.9. The number of halogens is 3. The molecule has 1 N–H and O–H groups in total. The number of sulfone groups is 1. The number of benzene rings is 1. The lowest BCUT2D eigenvalue weighted by molar-refractivity contribution is 0.0187. The summed E-state index contributed by atoms with van der Waals surface area (Å²) in [5.74, 6) is 0. The lowest BCUT2D eigenvalue weighted by Gasteiger charge is -2.11. The number of hydrogen-bond donors (Lipinski definition) is 1. The van der Waals surface area contributed by atoms with Crippen LogP contribution in [0.3, 0.4) is 0 Å². The van der Waals surface area contributed by atoms with Crippen molar-refractivity contribution < 1.29 is 21.9 Å². The van der Waals surface area contributed by atoms with Crippen LogP contribution in [0.5, 0.6) is 0 Å². The molecule has 0 saturated heterocycles. The van der Waals surface area contributed by atoms with Gasteiger partial charge < -0.3 is 10.1 Å². The van der Waals surface area contributed by atoms with Crippen molar-refractivity contribution in [2.24, 2.45) is 0 Å². The molecule has 0 aliphatic heterocycles. The van der Waals surface area contributed by atoms with Crippen molar-refractivity contribution >= 4 is 21.4 Å². The van der Waals surface area contributed by atoms with Gasteiger partial charge in [-0.25, -0.2) is 17.2 Å². The number of alkyl halides is 2. The van der Waals surface area contributed by atoms with Gasteiger partial charge in [0.1, 0.15) is 6.61 Å². The minimum atomic E-state index is -3.37. The van der Waals surface area contributed by atoms with Crippen molar-refractivity contribution in [2.75, 3.05) is 26.0 Å². The van der Waals surface area contributed by atoms with E-state index in [1.54, 1.807) is 12.1 Å². The minimum absolute atomic E-state index is 0.114. The molecule has 1 aromatic carbocycles. The van der Waals surface area contributed by atoms with E-state index in [1.807, 2.05) is 0 Å².